The van der Waals surface area contributed by atoms with Gasteiger partial charge in [0.2, 0.25) is 10.0 Å². The number of benzene rings is 1. The lowest BCUT2D eigenvalue weighted by Gasteiger charge is -2.38. The first-order chi connectivity index (χ1) is 13.8. The van der Waals surface area contributed by atoms with E-state index >= 15 is 0 Å². The van der Waals surface area contributed by atoms with Crippen LogP contribution in [0.25, 0.3) is 0 Å². The van der Waals surface area contributed by atoms with Crippen LogP contribution in [-0.2, 0) is 14.8 Å². The number of nitrogens with one attached hydrogen (secondary N) is 2. The fourth-order valence-electron chi connectivity index (χ4n) is 3.91. The van der Waals surface area contributed by atoms with Crippen molar-refractivity contribution in [1.29, 1.82) is 0 Å². The van der Waals surface area contributed by atoms with Crippen molar-refractivity contribution in [1.82, 2.24) is 14.9 Å². The lowest BCUT2D eigenvalue weighted by molar-refractivity contribution is 0.00191. The number of carbonyl (C=O) groups excluding carboxylic acids is 1. The molecule has 8 heteroatoms. The summed E-state index contributed by atoms with van der Waals surface area (Å²) in [6.45, 7) is 11.9. The fourth-order valence-corrected chi connectivity index (χ4v) is 4.98. The normalized spacial score (nSPS) is 16.7. The Balaban J connectivity index is 2.17. The predicted octanol–water partition coefficient (Wildman–Crippen LogP) is 2.16. The molecule has 1 saturated heterocycles. The average Bonchev–Trinajstić information content (AvgIpc) is 2.71. The molecular formula is C21H35N3O4S. The highest BCUT2D eigenvalue weighted by Gasteiger charge is 2.27. The first-order valence-electron chi connectivity index (χ1n) is 10.5. The topological polar surface area (TPSA) is 87.7 Å². The van der Waals surface area contributed by atoms with Gasteiger partial charge in [0.15, 0.2) is 0 Å². The standard InChI is InChI=1S/C21H35N3O4S/c1-5-17(6-2)20(24-10-12-28-13-11-24)15-22-21(25)19-14-18(9-8-16(19)4)29(26,27)23-7-3/h8-9,14,17,20,23H,5-7,10-13,15H2,1-4H3,(H,22,25)/t20-/m1/s1. The van der Waals surface area contributed by atoms with Crippen LogP contribution in [0.3, 0.4) is 0 Å². The van der Waals surface area contributed by atoms with Gasteiger partial charge in [-0.25, -0.2) is 13.1 Å². The summed E-state index contributed by atoms with van der Waals surface area (Å²) in [7, 11) is -3.60. The zero-order valence-electron chi connectivity index (χ0n) is 18.0. The molecule has 1 aliphatic rings. The van der Waals surface area contributed by atoms with Crippen molar-refractivity contribution < 1.29 is 17.9 Å². The van der Waals surface area contributed by atoms with Gasteiger partial charge in [-0.1, -0.05) is 39.7 Å². The van der Waals surface area contributed by atoms with Gasteiger partial charge in [0.25, 0.3) is 5.91 Å². The Kier molecular flexibility index (Phi) is 9.07. The molecule has 0 bridgehead atoms. The van der Waals surface area contributed by atoms with Crippen molar-refractivity contribution in [3.63, 3.8) is 0 Å². The maximum Gasteiger partial charge on any atom is 0.251 e. The van der Waals surface area contributed by atoms with Crippen LogP contribution in [0.5, 0.6) is 0 Å². The molecule has 7 nitrogen and oxygen atoms in total. The Morgan fingerprint density at radius 3 is 2.41 bits per heavy atom. The summed E-state index contributed by atoms with van der Waals surface area (Å²) >= 11 is 0. The zero-order valence-corrected chi connectivity index (χ0v) is 18.8. The molecule has 1 aromatic rings. The van der Waals surface area contributed by atoms with Crippen LogP contribution in [0.4, 0.5) is 0 Å². The summed E-state index contributed by atoms with van der Waals surface area (Å²) in [4.78, 5) is 15.4. The molecule has 0 aromatic heterocycles. The average molecular weight is 426 g/mol. The summed E-state index contributed by atoms with van der Waals surface area (Å²) in [5.74, 6) is 0.246. The summed E-state index contributed by atoms with van der Waals surface area (Å²) in [6, 6.07) is 4.92. The number of rotatable bonds is 10. The smallest absolute Gasteiger partial charge is 0.251 e. The first kappa shape index (κ1) is 23.8. The van der Waals surface area contributed by atoms with Gasteiger partial charge in [0, 0.05) is 37.8 Å². The molecule has 1 heterocycles. The minimum atomic E-state index is -3.60. The number of ether oxygens (including phenoxy) is 1. The predicted molar refractivity (Wildman–Crippen MR) is 115 cm³/mol. The molecule has 0 aliphatic carbocycles. The number of nitrogens with zero attached hydrogens (tertiary/aromatic N) is 1. The van der Waals surface area contributed by atoms with E-state index in [0.29, 0.717) is 37.8 Å². The van der Waals surface area contributed by atoms with E-state index in [-0.39, 0.29) is 16.8 Å². The van der Waals surface area contributed by atoms with Crippen molar-refractivity contribution in [3.8, 4) is 0 Å². The molecule has 164 valence electrons. The van der Waals surface area contributed by atoms with Crippen LogP contribution in [0, 0.1) is 12.8 Å². The van der Waals surface area contributed by atoms with Crippen molar-refractivity contribution in [2.45, 2.75) is 51.5 Å². The number of hydrogen-bond acceptors (Lipinski definition) is 5. The van der Waals surface area contributed by atoms with Crippen molar-refractivity contribution >= 4 is 15.9 Å². The monoisotopic (exact) mass is 425 g/mol. The van der Waals surface area contributed by atoms with Gasteiger partial charge < -0.3 is 10.1 Å². The van der Waals surface area contributed by atoms with Crippen molar-refractivity contribution in [3.05, 3.63) is 29.3 Å². The quantitative estimate of drug-likeness (QED) is 0.600. The molecular weight excluding hydrogens is 390 g/mol. The number of aryl methyl sites for hydroxylation is 1. The molecule has 0 radical (unpaired) electrons. The van der Waals surface area contributed by atoms with Crippen LogP contribution < -0.4 is 10.0 Å². The molecule has 1 aliphatic heterocycles. The van der Waals surface area contributed by atoms with Crippen LogP contribution in [0.15, 0.2) is 23.1 Å². The number of hydrogen-bond donors (Lipinski definition) is 2. The molecule has 2 N–H and O–H groups in total. The van der Waals surface area contributed by atoms with Gasteiger partial charge in [-0.2, -0.15) is 0 Å². The third-order valence-corrected chi connectivity index (χ3v) is 7.22. The molecule has 0 spiro atoms. The van der Waals surface area contributed by atoms with E-state index in [1.165, 1.54) is 12.1 Å². The highest BCUT2D eigenvalue weighted by molar-refractivity contribution is 7.89. The van der Waals surface area contributed by atoms with Gasteiger partial charge >= 0.3 is 0 Å². The summed E-state index contributed by atoms with van der Waals surface area (Å²) in [6.07, 6.45) is 2.09. The number of amides is 1. The van der Waals surface area contributed by atoms with Crippen LogP contribution >= 0.6 is 0 Å². The minimum absolute atomic E-state index is 0.111. The van der Waals surface area contributed by atoms with Crippen molar-refractivity contribution in [2.24, 2.45) is 5.92 Å². The molecule has 1 amide bonds. The van der Waals surface area contributed by atoms with E-state index in [0.717, 1.165) is 31.5 Å². The largest absolute Gasteiger partial charge is 0.379 e. The fraction of sp³-hybridized carbons (Fsp3) is 0.667. The lowest BCUT2D eigenvalue weighted by Crippen LogP contribution is -2.52. The van der Waals surface area contributed by atoms with Gasteiger partial charge in [-0.05, 0) is 30.5 Å². The Labute approximate surface area is 175 Å². The maximum absolute atomic E-state index is 12.9. The van der Waals surface area contributed by atoms with Gasteiger partial charge in [0.1, 0.15) is 0 Å². The zero-order chi connectivity index (χ0) is 21.4. The van der Waals surface area contributed by atoms with Gasteiger partial charge in [-0.3, -0.25) is 9.69 Å². The third-order valence-electron chi connectivity index (χ3n) is 5.68. The van der Waals surface area contributed by atoms with E-state index < -0.39 is 10.0 Å². The maximum atomic E-state index is 12.9. The Hall–Kier alpha value is -1.48. The van der Waals surface area contributed by atoms with E-state index in [2.05, 4.69) is 28.8 Å². The second-order valence-corrected chi connectivity index (χ2v) is 9.25. The Bertz CT molecular complexity index is 772. The third kappa shape index (κ3) is 6.25. The summed E-state index contributed by atoms with van der Waals surface area (Å²) in [5, 5.41) is 3.06. The van der Waals surface area contributed by atoms with Crippen LogP contribution in [0.1, 0.15) is 49.5 Å². The molecule has 1 aromatic carbocycles. The molecule has 1 fully saturated rings. The number of morpholine rings is 1. The van der Waals surface area contributed by atoms with E-state index in [1.54, 1.807) is 13.0 Å². The second-order valence-electron chi connectivity index (χ2n) is 7.48. The Morgan fingerprint density at radius 1 is 1.17 bits per heavy atom. The highest BCUT2D eigenvalue weighted by atomic mass is 32.2. The molecule has 0 saturated carbocycles. The van der Waals surface area contributed by atoms with Crippen LogP contribution in [-0.4, -0.2) is 64.7 Å². The Morgan fingerprint density at radius 2 is 1.83 bits per heavy atom. The molecule has 29 heavy (non-hydrogen) atoms. The molecule has 1 atom stereocenters. The molecule has 0 unspecified atom stereocenters. The SMILES string of the molecule is CCNS(=O)(=O)c1ccc(C)c(C(=O)NC[C@H](C(CC)CC)N2CCOCC2)c1. The minimum Gasteiger partial charge on any atom is -0.379 e. The van der Waals surface area contributed by atoms with E-state index in [4.69, 9.17) is 4.74 Å². The van der Waals surface area contributed by atoms with Crippen molar-refractivity contribution in [2.75, 3.05) is 39.4 Å². The number of sulfonamides is 1. The number of carbonyl (C=O) groups is 1. The van der Waals surface area contributed by atoms with Gasteiger partial charge in [0.05, 0.1) is 18.1 Å². The van der Waals surface area contributed by atoms with Crippen LogP contribution in [0.2, 0.25) is 0 Å². The molecule has 2 rings (SSSR count). The summed E-state index contributed by atoms with van der Waals surface area (Å²) in [5.41, 5.74) is 1.15. The highest BCUT2D eigenvalue weighted by Crippen LogP contribution is 2.20. The van der Waals surface area contributed by atoms with E-state index in [9.17, 15) is 13.2 Å². The first-order valence-corrected chi connectivity index (χ1v) is 12.0. The van der Waals surface area contributed by atoms with E-state index in [1.807, 2.05) is 6.92 Å². The summed E-state index contributed by atoms with van der Waals surface area (Å²) < 4.78 is 32.5. The lowest BCUT2D eigenvalue weighted by atomic mass is 9.92. The second kappa shape index (κ2) is 11.1. The van der Waals surface area contributed by atoms with Gasteiger partial charge in [-0.15, -0.1) is 0 Å².